The molecule has 0 saturated heterocycles. The number of hydrogen-bond donors (Lipinski definition) is 2. The maximum atomic E-state index is 13.0. The highest BCUT2D eigenvalue weighted by Gasteiger charge is 2.23. The summed E-state index contributed by atoms with van der Waals surface area (Å²) in [7, 11) is -3.83. The quantitative estimate of drug-likeness (QED) is 0.515. The van der Waals surface area contributed by atoms with Crippen molar-refractivity contribution in [2.24, 2.45) is 0 Å². The van der Waals surface area contributed by atoms with Crippen molar-refractivity contribution in [3.8, 4) is 10.6 Å². The van der Waals surface area contributed by atoms with E-state index < -0.39 is 10.0 Å². The highest BCUT2D eigenvalue weighted by Crippen LogP contribution is 2.35. The summed E-state index contributed by atoms with van der Waals surface area (Å²) >= 11 is 1.51. The molecule has 1 aliphatic rings. The molecule has 1 amide bonds. The van der Waals surface area contributed by atoms with Crippen molar-refractivity contribution < 1.29 is 13.2 Å². The van der Waals surface area contributed by atoms with E-state index in [1.807, 2.05) is 36.4 Å². The summed E-state index contributed by atoms with van der Waals surface area (Å²) in [6.07, 6.45) is 0.182. The van der Waals surface area contributed by atoms with Crippen molar-refractivity contribution in [2.45, 2.75) is 11.3 Å². The highest BCUT2D eigenvalue weighted by atomic mass is 32.2. The van der Waals surface area contributed by atoms with E-state index in [0.29, 0.717) is 16.9 Å². The van der Waals surface area contributed by atoms with Crippen LogP contribution in [0.15, 0.2) is 71.6 Å². The van der Waals surface area contributed by atoms with Gasteiger partial charge in [0.05, 0.1) is 27.2 Å². The van der Waals surface area contributed by atoms with Crippen molar-refractivity contribution in [2.75, 3.05) is 10.0 Å². The van der Waals surface area contributed by atoms with Gasteiger partial charge in [-0.15, -0.1) is 11.3 Å². The fraction of sp³-hybridized carbons (Fsp3) is 0.0476. The topological polar surface area (TPSA) is 88.2 Å². The molecule has 0 atom stereocenters. The molecule has 1 aromatic heterocycles. The Balaban J connectivity index is 1.52. The van der Waals surface area contributed by atoms with E-state index in [-0.39, 0.29) is 17.2 Å². The monoisotopic (exact) mass is 421 g/mol. The number of rotatable bonds is 4. The predicted molar refractivity (Wildman–Crippen MR) is 115 cm³/mol. The van der Waals surface area contributed by atoms with Gasteiger partial charge in [-0.25, -0.2) is 13.4 Å². The van der Waals surface area contributed by atoms with E-state index in [2.05, 4.69) is 15.0 Å². The molecule has 0 radical (unpaired) electrons. The third-order valence-corrected chi connectivity index (χ3v) is 7.14. The van der Waals surface area contributed by atoms with Crippen molar-refractivity contribution in [3.63, 3.8) is 0 Å². The van der Waals surface area contributed by atoms with Gasteiger partial charge in [0.25, 0.3) is 10.0 Å². The molecule has 0 saturated carbocycles. The SMILES string of the molecule is O=C1Cc2cc(S(=O)(=O)Nc3ccccc3-c3nc4ccccc4s3)ccc2N1. The average Bonchev–Trinajstić information content (AvgIpc) is 3.29. The second kappa shape index (κ2) is 6.68. The predicted octanol–water partition coefficient (Wildman–Crippen LogP) is 4.26. The summed E-state index contributed by atoms with van der Waals surface area (Å²) in [5.41, 5.74) is 3.39. The molecule has 4 aromatic rings. The minimum absolute atomic E-state index is 0.117. The van der Waals surface area contributed by atoms with Crippen LogP contribution in [-0.2, 0) is 21.2 Å². The van der Waals surface area contributed by atoms with E-state index in [1.54, 1.807) is 18.2 Å². The number of benzene rings is 3. The van der Waals surface area contributed by atoms with Gasteiger partial charge < -0.3 is 5.32 Å². The zero-order chi connectivity index (χ0) is 20.0. The Morgan fingerprint density at radius 3 is 2.66 bits per heavy atom. The van der Waals surface area contributed by atoms with Gasteiger partial charge in [-0.1, -0.05) is 24.3 Å². The van der Waals surface area contributed by atoms with Crippen LogP contribution in [0.4, 0.5) is 11.4 Å². The van der Waals surface area contributed by atoms with Gasteiger partial charge >= 0.3 is 0 Å². The summed E-state index contributed by atoms with van der Waals surface area (Å²) in [5, 5.41) is 3.45. The van der Waals surface area contributed by atoms with Crippen molar-refractivity contribution in [1.82, 2.24) is 4.98 Å². The van der Waals surface area contributed by atoms with Gasteiger partial charge in [0.15, 0.2) is 0 Å². The minimum atomic E-state index is -3.83. The average molecular weight is 422 g/mol. The van der Waals surface area contributed by atoms with Crippen LogP contribution in [0.5, 0.6) is 0 Å². The minimum Gasteiger partial charge on any atom is -0.326 e. The first-order chi connectivity index (χ1) is 14.0. The van der Waals surface area contributed by atoms with E-state index in [4.69, 9.17) is 0 Å². The number of nitrogens with one attached hydrogen (secondary N) is 2. The van der Waals surface area contributed by atoms with Crippen LogP contribution in [-0.4, -0.2) is 19.3 Å². The Kier molecular flexibility index (Phi) is 4.11. The zero-order valence-electron chi connectivity index (χ0n) is 15.0. The number of anilines is 2. The molecule has 0 fully saturated rings. The molecule has 0 spiro atoms. The van der Waals surface area contributed by atoms with Crippen molar-refractivity contribution in [1.29, 1.82) is 0 Å². The van der Waals surface area contributed by atoms with Gasteiger partial charge in [0.1, 0.15) is 5.01 Å². The molecule has 5 rings (SSSR count). The van der Waals surface area contributed by atoms with Gasteiger partial charge in [0, 0.05) is 11.3 Å². The fourth-order valence-electron chi connectivity index (χ4n) is 3.32. The Morgan fingerprint density at radius 1 is 1.00 bits per heavy atom. The Morgan fingerprint density at radius 2 is 1.79 bits per heavy atom. The van der Waals surface area contributed by atoms with Crippen molar-refractivity contribution in [3.05, 3.63) is 72.3 Å². The molecule has 29 heavy (non-hydrogen) atoms. The van der Waals surface area contributed by atoms with Crippen LogP contribution in [0.3, 0.4) is 0 Å². The number of para-hydroxylation sites is 2. The van der Waals surface area contributed by atoms with Gasteiger partial charge in [-0.2, -0.15) is 0 Å². The number of sulfonamides is 1. The standard InChI is InChI=1S/C21H15N3O3S2/c25-20-12-13-11-14(9-10-16(13)22-20)29(26,27)24-17-6-2-1-5-15(17)21-23-18-7-3-4-8-19(18)28-21/h1-11,24H,12H2,(H,22,25). The first-order valence-electron chi connectivity index (χ1n) is 8.90. The van der Waals surface area contributed by atoms with Crippen molar-refractivity contribution >= 4 is 48.9 Å². The smallest absolute Gasteiger partial charge is 0.261 e. The molecule has 144 valence electrons. The normalized spacial score (nSPS) is 13.3. The summed E-state index contributed by atoms with van der Waals surface area (Å²) in [6, 6.07) is 19.6. The Bertz CT molecular complexity index is 1340. The molecule has 6 nitrogen and oxygen atoms in total. The first-order valence-corrected chi connectivity index (χ1v) is 11.2. The molecule has 2 N–H and O–H groups in total. The maximum Gasteiger partial charge on any atom is 0.261 e. The first kappa shape index (κ1) is 17.8. The third-order valence-electron chi connectivity index (χ3n) is 4.71. The molecule has 1 aliphatic heterocycles. The van der Waals surface area contributed by atoms with E-state index in [9.17, 15) is 13.2 Å². The zero-order valence-corrected chi connectivity index (χ0v) is 16.7. The third kappa shape index (κ3) is 3.26. The number of amides is 1. The van der Waals surface area contributed by atoms with Crippen LogP contribution in [0.1, 0.15) is 5.56 Å². The number of aromatic nitrogens is 1. The molecule has 0 aliphatic carbocycles. The number of thiazole rings is 1. The number of carbonyl (C=O) groups is 1. The second-order valence-corrected chi connectivity index (χ2v) is 9.39. The van der Waals surface area contributed by atoms with Gasteiger partial charge in [-0.3, -0.25) is 9.52 Å². The molecule has 0 bridgehead atoms. The lowest BCUT2D eigenvalue weighted by atomic mass is 10.2. The fourth-order valence-corrected chi connectivity index (χ4v) is 5.46. The number of carbonyl (C=O) groups excluding carboxylic acids is 1. The van der Waals surface area contributed by atoms with E-state index in [0.717, 1.165) is 20.8 Å². The van der Waals surface area contributed by atoms with E-state index >= 15 is 0 Å². The summed E-state index contributed by atoms with van der Waals surface area (Å²) in [4.78, 5) is 16.3. The summed E-state index contributed by atoms with van der Waals surface area (Å²) < 4.78 is 29.7. The van der Waals surface area contributed by atoms with Crippen LogP contribution in [0, 0.1) is 0 Å². The lowest BCUT2D eigenvalue weighted by Crippen LogP contribution is -2.13. The lowest BCUT2D eigenvalue weighted by Gasteiger charge is -2.12. The number of nitrogens with zero attached hydrogens (tertiary/aromatic N) is 1. The van der Waals surface area contributed by atoms with Gasteiger partial charge in [0.2, 0.25) is 5.91 Å². The Hall–Kier alpha value is -3.23. The lowest BCUT2D eigenvalue weighted by molar-refractivity contribution is -0.115. The molecular weight excluding hydrogens is 406 g/mol. The summed E-state index contributed by atoms with van der Waals surface area (Å²) in [6.45, 7) is 0. The van der Waals surface area contributed by atoms with Crippen LogP contribution < -0.4 is 10.0 Å². The second-order valence-electron chi connectivity index (χ2n) is 6.68. The molecular formula is C21H15N3O3S2. The summed E-state index contributed by atoms with van der Waals surface area (Å²) in [5.74, 6) is -0.135. The molecule has 0 unspecified atom stereocenters. The highest BCUT2D eigenvalue weighted by molar-refractivity contribution is 7.92. The largest absolute Gasteiger partial charge is 0.326 e. The maximum absolute atomic E-state index is 13.0. The van der Waals surface area contributed by atoms with Gasteiger partial charge in [-0.05, 0) is 48.0 Å². The van der Waals surface area contributed by atoms with E-state index in [1.165, 1.54) is 23.5 Å². The Labute approximate surface area is 171 Å². The van der Waals surface area contributed by atoms with Crippen LogP contribution in [0.25, 0.3) is 20.8 Å². The molecule has 8 heteroatoms. The number of hydrogen-bond acceptors (Lipinski definition) is 5. The number of fused-ring (bicyclic) bond motifs is 2. The molecule has 2 heterocycles. The molecule has 3 aromatic carbocycles. The van der Waals surface area contributed by atoms with Crippen LogP contribution in [0.2, 0.25) is 0 Å². The van der Waals surface area contributed by atoms with Crippen LogP contribution >= 0.6 is 11.3 Å².